The van der Waals surface area contributed by atoms with E-state index in [2.05, 4.69) is 20.9 Å². The van der Waals surface area contributed by atoms with Crippen molar-refractivity contribution in [2.75, 3.05) is 18.0 Å². The van der Waals surface area contributed by atoms with Gasteiger partial charge < -0.3 is 10.0 Å². The van der Waals surface area contributed by atoms with Crippen LogP contribution in [0.15, 0.2) is 42.7 Å². The van der Waals surface area contributed by atoms with Gasteiger partial charge in [-0.2, -0.15) is 0 Å². The van der Waals surface area contributed by atoms with Crippen LogP contribution in [0.5, 0.6) is 0 Å². The molecule has 0 amide bonds. The van der Waals surface area contributed by atoms with Crippen LogP contribution in [0.25, 0.3) is 22.0 Å². The normalized spacial score (nSPS) is 13.8. The number of hydrogen-bond acceptors (Lipinski definition) is 4. The van der Waals surface area contributed by atoms with Gasteiger partial charge in [-0.1, -0.05) is 41.4 Å². The number of nitrogens with zero attached hydrogens (tertiary/aromatic N) is 3. The lowest BCUT2D eigenvalue weighted by atomic mass is 10.00. The summed E-state index contributed by atoms with van der Waals surface area (Å²) in [7, 11) is 0. The maximum atomic E-state index is 9.00. The van der Waals surface area contributed by atoms with E-state index in [1.165, 1.54) is 19.3 Å². The SMILES string of the molecule is CC(=O)O.Clc1ccc(-c2cccc3ncnc(N4CCCCC4)c23)cc1Cl. The van der Waals surface area contributed by atoms with Crippen molar-refractivity contribution >= 4 is 45.9 Å². The number of carboxylic acids is 1. The second-order valence-corrected chi connectivity index (χ2v) is 7.41. The number of carboxylic acid groups (broad SMARTS) is 1. The highest BCUT2D eigenvalue weighted by Crippen LogP contribution is 2.36. The van der Waals surface area contributed by atoms with Crippen molar-refractivity contribution in [2.45, 2.75) is 26.2 Å². The van der Waals surface area contributed by atoms with E-state index in [1.54, 1.807) is 6.33 Å². The molecule has 1 fully saturated rings. The molecule has 0 atom stereocenters. The molecule has 2 aromatic carbocycles. The Kier molecular flexibility index (Phi) is 6.70. The molecule has 2 heterocycles. The third-order valence-corrected chi connectivity index (χ3v) is 5.27. The summed E-state index contributed by atoms with van der Waals surface area (Å²) in [4.78, 5) is 20.4. The molecule has 0 radical (unpaired) electrons. The van der Waals surface area contributed by atoms with Gasteiger partial charge in [0.15, 0.2) is 0 Å². The summed E-state index contributed by atoms with van der Waals surface area (Å²) >= 11 is 12.3. The first-order valence-electron chi connectivity index (χ1n) is 9.11. The molecule has 3 aromatic rings. The van der Waals surface area contributed by atoms with Crippen molar-refractivity contribution in [3.63, 3.8) is 0 Å². The van der Waals surface area contributed by atoms with Crippen LogP contribution in [-0.2, 0) is 4.79 Å². The molecule has 1 saturated heterocycles. The average molecular weight is 418 g/mol. The fourth-order valence-electron chi connectivity index (χ4n) is 3.34. The number of fused-ring (bicyclic) bond motifs is 1. The van der Waals surface area contributed by atoms with Crippen LogP contribution in [0.3, 0.4) is 0 Å². The molecule has 7 heteroatoms. The third kappa shape index (κ3) is 4.72. The number of hydrogen-bond donors (Lipinski definition) is 1. The predicted molar refractivity (Wildman–Crippen MR) is 114 cm³/mol. The Morgan fingerprint density at radius 1 is 1.04 bits per heavy atom. The molecular weight excluding hydrogens is 397 g/mol. The van der Waals surface area contributed by atoms with E-state index in [0.29, 0.717) is 10.0 Å². The van der Waals surface area contributed by atoms with Gasteiger partial charge >= 0.3 is 0 Å². The van der Waals surface area contributed by atoms with Crippen molar-refractivity contribution < 1.29 is 9.90 Å². The minimum Gasteiger partial charge on any atom is -0.481 e. The van der Waals surface area contributed by atoms with Gasteiger partial charge in [-0.15, -0.1) is 0 Å². The molecule has 28 heavy (non-hydrogen) atoms. The fraction of sp³-hybridized carbons (Fsp3) is 0.286. The molecule has 146 valence electrons. The molecular formula is C21H21Cl2N3O2. The molecule has 0 saturated carbocycles. The van der Waals surface area contributed by atoms with Crippen molar-refractivity contribution in [2.24, 2.45) is 0 Å². The first kappa shape index (κ1) is 20.4. The second kappa shape index (κ2) is 9.22. The lowest BCUT2D eigenvalue weighted by Gasteiger charge is -2.29. The Balaban J connectivity index is 0.000000516. The number of anilines is 1. The zero-order chi connectivity index (χ0) is 20.1. The summed E-state index contributed by atoms with van der Waals surface area (Å²) in [5, 5.41) is 9.62. The molecule has 5 nitrogen and oxygen atoms in total. The maximum Gasteiger partial charge on any atom is 0.300 e. The first-order valence-corrected chi connectivity index (χ1v) is 9.86. The van der Waals surface area contributed by atoms with E-state index >= 15 is 0 Å². The molecule has 1 aromatic heterocycles. The van der Waals surface area contributed by atoms with Gasteiger partial charge in [0.05, 0.1) is 20.9 Å². The van der Waals surface area contributed by atoms with Crippen molar-refractivity contribution in [3.8, 4) is 11.1 Å². The van der Waals surface area contributed by atoms with Crippen LogP contribution in [0, 0.1) is 0 Å². The van der Waals surface area contributed by atoms with Gasteiger partial charge in [0.2, 0.25) is 0 Å². The standard InChI is InChI=1S/C19H17Cl2N3.C2H4O2/c20-15-8-7-13(11-16(15)21)14-5-4-6-17-18(14)19(23-12-22-17)24-9-2-1-3-10-24;1-2(3)4/h4-8,11-12H,1-3,9-10H2;1H3,(H,3,4). The van der Waals surface area contributed by atoms with E-state index in [0.717, 1.165) is 47.9 Å². The van der Waals surface area contributed by atoms with Crippen LogP contribution >= 0.6 is 23.2 Å². The third-order valence-electron chi connectivity index (χ3n) is 4.53. The lowest BCUT2D eigenvalue weighted by molar-refractivity contribution is -0.134. The maximum absolute atomic E-state index is 9.00. The Morgan fingerprint density at radius 3 is 2.43 bits per heavy atom. The van der Waals surface area contributed by atoms with E-state index in [-0.39, 0.29) is 0 Å². The van der Waals surface area contributed by atoms with Crippen LogP contribution in [0.1, 0.15) is 26.2 Å². The molecule has 0 aliphatic carbocycles. The molecule has 1 aliphatic rings. The Hall–Kier alpha value is -2.37. The summed E-state index contributed by atoms with van der Waals surface area (Å²) in [5.74, 6) is 0.182. The summed E-state index contributed by atoms with van der Waals surface area (Å²) in [5.41, 5.74) is 3.07. The highest BCUT2D eigenvalue weighted by atomic mass is 35.5. The van der Waals surface area contributed by atoms with Crippen molar-refractivity contribution in [1.82, 2.24) is 9.97 Å². The smallest absolute Gasteiger partial charge is 0.300 e. The summed E-state index contributed by atoms with van der Waals surface area (Å²) in [6.07, 6.45) is 5.37. The highest BCUT2D eigenvalue weighted by molar-refractivity contribution is 6.42. The summed E-state index contributed by atoms with van der Waals surface area (Å²) in [6.45, 7) is 3.17. The van der Waals surface area contributed by atoms with Gasteiger partial charge in [-0.3, -0.25) is 4.79 Å². The average Bonchev–Trinajstić information content (AvgIpc) is 2.69. The topological polar surface area (TPSA) is 66.3 Å². The highest BCUT2D eigenvalue weighted by Gasteiger charge is 2.18. The fourth-order valence-corrected chi connectivity index (χ4v) is 3.64. The minimum absolute atomic E-state index is 0.558. The van der Waals surface area contributed by atoms with Gasteiger partial charge in [0.1, 0.15) is 12.1 Å². The number of aromatic nitrogens is 2. The van der Waals surface area contributed by atoms with Crippen LogP contribution in [0.4, 0.5) is 5.82 Å². The summed E-state index contributed by atoms with van der Waals surface area (Å²) in [6, 6.07) is 11.9. The van der Waals surface area contributed by atoms with E-state index in [9.17, 15) is 0 Å². The Labute approximate surface area is 173 Å². The number of carbonyl (C=O) groups is 1. The van der Waals surface area contributed by atoms with Gasteiger partial charge in [-0.25, -0.2) is 9.97 Å². The van der Waals surface area contributed by atoms with Crippen LogP contribution < -0.4 is 4.90 Å². The van der Waals surface area contributed by atoms with Crippen LogP contribution in [0.2, 0.25) is 10.0 Å². The number of aliphatic carboxylic acids is 1. The van der Waals surface area contributed by atoms with Gasteiger partial charge in [-0.05, 0) is 48.6 Å². The van der Waals surface area contributed by atoms with E-state index in [1.807, 2.05) is 30.3 Å². The second-order valence-electron chi connectivity index (χ2n) is 6.59. The van der Waals surface area contributed by atoms with Crippen LogP contribution in [-0.4, -0.2) is 34.1 Å². The molecule has 4 rings (SSSR count). The Bertz CT molecular complexity index is 979. The number of rotatable bonds is 2. The summed E-state index contributed by atoms with van der Waals surface area (Å²) < 4.78 is 0. The number of benzene rings is 2. The molecule has 1 aliphatic heterocycles. The number of halogens is 2. The molecule has 0 unspecified atom stereocenters. The molecule has 0 bridgehead atoms. The zero-order valence-corrected chi connectivity index (χ0v) is 17.0. The van der Waals surface area contributed by atoms with Gasteiger partial charge in [0.25, 0.3) is 5.97 Å². The quantitative estimate of drug-likeness (QED) is 0.580. The molecule has 0 spiro atoms. The lowest BCUT2D eigenvalue weighted by Crippen LogP contribution is -2.30. The van der Waals surface area contributed by atoms with Gasteiger partial charge in [0, 0.05) is 20.0 Å². The van der Waals surface area contributed by atoms with E-state index < -0.39 is 5.97 Å². The Morgan fingerprint density at radius 2 is 1.75 bits per heavy atom. The molecule has 1 N–H and O–H groups in total. The number of piperidine rings is 1. The largest absolute Gasteiger partial charge is 0.481 e. The van der Waals surface area contributed by atoms with Crippen molar-refractivity contribution in [3.05, 3.63) is 52.8 Å². The first-order chi connectivity index (χ1) is 13.5. The predicted octanol–water partition coefficient (Wildman–Crippen LogP) is 5.68. The monoisotopic (exact) mass is 417 g/mol. The van der Waals surface area contributed by atoms with E-state index in [4.69, 9.17) is 33.1 Å². The zero-order valence-electron chi connectivity index (χ0n) is 15.5. The van der Waals surface area contributed by atoms with Crippen molar-refractivity contribution in [1.29, 1.82) is 0 Å². The minimum atomic E-state index is -0.833.